The molecule has 4 nitrogen and oxygen atoms in total. The predicted molar refractivity (Wildman–Crippen MR) is 130 cm³/mol. The Bertz CT molecular complexity index is 1670. The van der Waals surface area contributed by atoms with Gasteiger partial charge in [-0.3, -0.25) is 13.8 Å². The fourth-order valence-corrected chi connectivity index (χ4v) is 4.63. The van der Waals surface area contributed by atoms with Crippen LogP contribution in [0.25, 0.3) is 44.7 Å². The molecule has 2 heterocycles. The summed E-state index contributed by atoms with van der Waals surface area (Å²) < 4.78 is 4.43. The van der Waals surface area contributed by atoms with Gasteiger partial charge in [0, 0.05) is 11.3 Å². The maximum Gasteiger partial charge on any atom is 0.220 e. The third kappa shape index (κ3) is 2.70. The number of rotatable bonds is 3. The van der Waals surface area contributed by atoms with E-state index < -0.39 is 0 Å². The second-order valence-corrected chi connectivity index (χ2v) is 8.22. The van der Waals surface area contributed by atoms with Gasteiger partial charge in [0.1, 0.15) is 0 Å². The lowest BCUT2D eigenvalue weighted by atomic mass is 9.97. The van der Waals surface area contributed by atoms with Crippen LogP contribution in [0.5, 0.6) is 0 Å². The molecule has 0 saturated heterocycles. The van der Waals surface area contributed by atoms with E-state index in [1.54, 1.807) is 6.92 Å². The molecule has 0 radical (unpaired) electrons. The molecule has 6 aromatic rings. The van der Waals surface area contributed by atoms with E-state index in [0.29, 0.717) is 0 Å². The van der Waals surface area contributed by atoms with Crippen LogP contribution in [0.2, 0.25) is 0 Å². The quantitative estimate of drug-likeness (QED) is 0.305. The number of hydrogen-bond donors (Lipinski definition) is 0. The highest BCUT2D eigenvalue weighted by atomic mass is 16.1. The van der Waals surface area contributed by atoms with Crippen LogP contribution in [0, 0.1) is 6.92 Å². The Labute approximate surface area is 185 Å². The van der Waals surface area contributed by atoms with Gasteiger partial charge in [0.05, 0.1) is 22.1 Å². The van der Waals surface area contributed by atoms with Crippen molar-refractivity contribution in [2.24, 2.45) is 0 Å². The summed E-state index contributed by atoms with van der Waals surface area (Å²) in [7, 11) is 0. The topological polar surface area (TPSA) is 39.3 Å². The molecule has 0 bridgehead atoms. The number of fused-ring (bicyclic) bond motifs is 5. The number of imidazole rings is 2. The molecule has 0 fully saturated rings. The first-order valence-electron chi connectivity index (χ1n) is 10.7. The average molecular weight is 415 g/mol. The summed E-state index contributed by atoms with van der Waals surface area (Å²) in [6.45, 7) is 3.72. The fourth-order valence-electron chi connectivity index (χ4n) is 4.63. The average Bonchev–Trinajstić information content (AvgIpc) is 3.33. The van der Waals surface area contributed by atoms with Crippen molar-refractivity contribution >= 4 is 33.6 Å². The zero-order chi connectivity index (χ0) is 21.8. The second kappa shape index (κ2) is 6.92. The highest BCUT2D eigenvalue weighted by Crippen LogP contribution is 2.33. The predicted octanol–water partition coefficient (Wildman–Crippen LogP) is 6.61. The van der Waals surface area contributed by atoms with Crippen molar-refractivity contribution in [1.82, 2.24) is 14.0 Å². The van der Waals surface area contributed by atoms with Gasteiger partial charge in [-0.15, -0.1) is 0 Å². The summed E-state index contributed by atoms with van der Waals surface area (Å²) in [6.07, 6.45) is 0. The smallest absolute Gasteiger partial charge is 0.220 e. The molecule has 154 valence electrons. The number of benzene rings is 4. The van der Waals surface area contributed by atoms with E-state index in [4.69, 9.17) is 4.98 Å². The summed E-state index contributed by atoms with van der Waals surface area (Å²) in [6, 6.07) is 30.9. The Morgan fingerprint density at radius 1 is 0.781 bits per heavy atom. The van der Waals surface area contributed by atoms with E-state index in [-0.39, 0.29) is 5.78 Å². The van der Waals surface area contributed by atoms with Crippen LogP contribution < -0.4 is 0 Å². The van der Waals surface area contributed by atoms with Gasteiger partial charge >= 0.3 is 0 Å². The Hall–Kier alpha value is -4.18. The van der Waals surface area contributed by atoms with Gasteiger partial charge in [-0.05, 0) is 66.9 Å². The molecule has 6 rings (SSSR count). The summed E-state index contributed by atoms with van der Waals surface area (Å²) >= 11 is 0. The van der Waals surface area contributed by atoms with Gasteiger partial charge in [-0.2, -0.15) is 0 Å². The molecule has 0 atom stereocenters. The lowest BCUT2D eigenvalue weighted by Gasteiger charge is -2.09. The van der Waals surface area contributed by atoms with Crippen molar-refractivity contribution in [2.75, 3.05) is 0 Å². The number of nitrogens with zero attached hydrogens (tertiary/aromatic N) is 3. The SMILES string of the molecule is CC(=O)c1ccccc1-c1ccc2c(c1)n1c3ccccc3nc1n2-c1cccc(C)c1. The molecular formula is C28H21N3O. The molecule has 4 heteroatoms. The first-order valence-corrected chi connectivity index (χ1v) is 10.7. The summed E-state index contributed by atoms with van der Waals surface area (Å²) in [5, 5.41) is 0. The zero-order valence-corrected chi connectivity index (χ0v) is 17.9. The Morgan fingerprint density at radius 3 is 2.44 bits per heavy atom. The van der Waals surface area contributed by atoms with E-state index in [1.165, 1.54) is 5.56 Å². The Balaban J connectivity index is 1.74. The van der Waals surface area contributed by atoms with Gasteiger partial charge in [-0.1, -0.05) is 54.6 Å². The number of para-hydroxylation sites is 2. The van der Waals surface area contributed by atoms with Gasteiger partial charge in [0.2, 0.25) is 5.78 Å². The van der Waals surface area contributed by atoms with E-state index in [0.717, 1.165) is 50.2 Å². The normalized spacial score (nSPS) is 11.6. The summed E-state index contributed by atoms with van der Waals surface area (Å²) in [5.74, 6) is 0.944. The van der Waals surface area contributed by atoms with Crippen molar-refractivity contribution < 1.29 is 4.79 Å². The Kier molecular flexibility index (Phi) is 4.02. The van der Waals surface area contributed by atoms with Crippen LogP contribution in [-0.2, 0) is 0 Å². The van der Waals surface area contributed by atoms with Crippen LogP contribution in [0.3, 0.4) is 0 Å². The van der Waals surface area contributed by atoms with E-state index >= 15 is 0 Å². The first-order chi connectivity index (χ1) is 15.6. The third-order valence-electron chi connectivity index (χ3n) is 6.08. The van der Waals surface area contributed by atoms with E-state index in [2.05, 4.69) is 64.4 Å². The Morgan fingerprint density at radius 2 is 1.59 bits per heavy atom. The first kappa shape index (κ1) is 18.6. The minimum atomic E-state index is 0.0660. The molecule has 0 aliphatic carbocycles. The number of carbonyl (C=O) groups excluding carboxylic acids is 1. The molecule has 0 unspecified atom stereocenters. The highest BCUT2D eigenvalue weighted by molar-refractivity contribution is 6.02. The molecule has 0 amide bonds. The largest absolute Gasteiger partial charge is 0.294 e. The van der Waals surface area contributed by atoms with Crippen molar-refractivity contribution in [3.63, 3.8) is 0 Å². The van der Waals surface area contributed by atoms with Gasteiger partial charge in [-0.25, -0.2) is 4.98 Å². The van der Waals surface area contributed by atoms with Crippen LogP contribution in [-0.4, -0.2) is 19.7 Å². The molecule has 0 spiro atoms. The molecule has 2 aromatic heterocycles. The van der Waals surface area contributed by atoms with Crippen LogP contribution >= 0.6 is 0 Å². The van der Waals surface area contributed by atoms with E-state index in [1.807, 2.05) is 42.5 Å². The van der Waals surface area contributed by atoms with E-state index in [9.17, 15) is 4.79 Å². The number of aryl methyl sites for hydroxylation is 1. The van der Waals surface area contributed by atoms with Crippen LogP contribution in [0.1, 0.15) is 22.8 Å². The second-order valence-electron chi connectivity index (χ2n) is 8.22. The lowest BCUT2D eigenvalue weighted by Crippen LogP contribution is -1.96. The number of ketones is 1. The number of Topliss-reactive ketones (excluding diaryl/α,β-unsaturated/α-hetero) is 1. The summed E-state index contributed by atoms with van der Waals surface area (Å²) in [5.41, 5.74) is 9.14. The number of carbonyl (C=O) groups is 1. The maximum atomic E-state index is 12.3. The van der Waals surface area contributed by atoms with Crippen LogP contribution in [0.15, 0.2) is 91.0 Å². The molecular weight excluding hydrogens is 394 g/mol. The van der Waals surface area contributed by atoms with Gasteiger partial charge < -0.3 is 0 Å². The molecule has 0 aliphatic rings. The monoisotopic (exact) mass is 415 g/mol. The molecule has 32 heavy (non-hydrogen) atoms. The minimum Gasteiger partial charge on any atom is -0.294 e. The van der Waals surface area contributed by atoms with Crippen molar-refractivity contribution in [2.45, 2.75) is 13.8 Å². The molecule has 0 aliphatic heterocycles. The van der Waals surface area contributed by atoms with Crippen molar-refractivity contribution in [3.05, 3.63) is 102 Å². The zero-order valence-electron chi connectivity index (χ0n) is 17.9. The highest BCUT2D eigenvalue weighted by Gasteiger charge is 2.18. The van der Waals surface area contributed by atoms with Gasteiger partial charge in [0.15, 0.2) is 5.78 Å². The lowest BCUT2D eigenvalue weighted by molar-refractivity contribution is 0.101. The number of aromatic nitrogens is 3. The standard InChI is InChI=1S/C28H21N3O/c1-18-8-7-9-21(16-18)30-26-15-14-20(23-11-4-3-10-22(23)19(2)32)17-27(26)31-25-13-6-5-12-24(25)29-28(30)31/h3-17H,1-2H3. The summed E-state index contributed by atoms with van der Waals surface area (Å²) in [4.78, 5) is 17.2. The molecule has 4 aromatic carbocycles. The minimum absolute atomic E-state index is 0.0660. The maximum absolute atomic E-state index is 12.3. The van der Waals surface area contributed by atoms with Crippen molar-refractivity contribution in [3.8, 4) is 16.8 Å². The van der Waals surface area contributed by atoms with Crippen molar-refractivity contribution in [1.29, 1.82) is 0 Å². The van der Waals surface area contributed by atoms with Crippen LogP contribution in [0.4, 0.5) is 0 Å². The molecule has 0 saturated carbocycles. The van der Waals surface area contributed by atoms with Gasteiger partial charge in [0.25, 0.3) is 0 Å². The molecule has 0 N–H and O–H groups in total. The fraction of sp³-hybridized carbons (Fsp3) is 0.0714. The number of hydrogen-bond acceptors (Lipinski definition) is 2. The third-order valence-corrected chi connectivity index (χ3v) is 6.08.